The lowest BCUT2D eigenvalue weighted by atomic mass is 10.1. The summed E-state index contributed by atoms with van der Waals surface area (Å²) >= 11 is 2.02. The lowest BCUT2D eigenvalue weighted by Crippen LogP contribution is -2.42. The van der Waals surface area contributed by atoms with Gasteiger partial charge in [0.05, 0.1) is 6.54 Å². The lowest BCUT2D eigenvalue weighted by molar-refractivity contribution is -0.120. The Labute approximate surface area is 103 Å². The number of nitrogens with one attached hydrogen (secondary N) is 2. The minimum absolute atomic E-state index is 0.112. The number of carbonyl (C=O) groups excluding carboxylic acids is 1. The molecule has 1 heterocycles. The number of amides is 1. The summed E-state index contributed by atoms with van der Waals surface area (Å²) in [6, 6.07) is 0.283. The molecule has 1 amide bonds. The van der Waals surface area contributed by atoms with Crippen molar-refractivity contribution in [2.24, 2.45) is 0 Å². The summed E-state index contributed by atoms with van der Waals surface area (Å²) in [5.41, 5.74) is 0. The van der Waals surface area contributed by atoms with Crippen molar-refractivity contribution >= 4 is 17.7 Å². The lowest BCUT2D eigenvalue weighted by Gasteiger charge is -2.23. The standard InChI is InChI=1S/C12H24N2OS/c1-4-10(2)14-11(15)8-13-9-12(3)6-5-7-16-12/h10,13H,4-9H2,1-3H3,(H,14,15). The second-order valence-corrected chi connectivity index (χ2v) is 6.56. The van der Waals surface area contributed by atoms with Crippen LogP contribution in [0.4, 0.5) is 0 Å². The summed E-state index contributed by atoms with van der Waals surface area (Å²) < 4.78 is 0.344. The molecule has 2 unspecified atom stereocenters. The molecule has 0 bridgehead atoms. The first-order valence-electron chi connectivity index (χ1n) is 6.20. The van der Waals surface area contributed by atoms with E-state index in [2.05, 4.69) is 24.5 Å². The van der Waals surface area contributed by atoms with Crippen molar-refractivity contribution in [3.63, 3.8) is 0 Å². The third-order valence-corrected chi connectivity index (χ3v) is 4.64. The predicted octanol–water partition coefficient (Wildman–Crippen LogP) is 1.78. The Kier molecular flexibility index (Phi) is 5.62. The summed E-state index contributed by atoms with van der Waals surface area (Å²) in [5, 5.41) is 6.22. The highest BCUT2D eigenvalue weighted by Crippen LogP contribution is 2.36. The van der Waals surface area contributed by atoms with E-state index < -0.39 is 0 Å². The van der Waals surface area contributed by atoms with Crippen molar-refractivity contribution in [2.45, 2.75) is 50.8 Å². The Morgan fingerprint density at radius 2 is 2.31 bits per heavy atom. The zero-order valence-electron chi connectivity index (χ0n) is 10.6. The number of hydrogen-bond donors (Lipinski definition) is 2. The average molecular weight is 244 g/mol. The monoisotopic (exact) mass is 244 g/mol. The van der Waals surface area contributed by atoms with Crippen LogP contribution in [0.1, 0.15) is 40.0 Å². The Balaban J connectivity index is 2.12. The fourth-order valence-corrected chi connectivity index (χ4v) is 3.12. The van der Waals surface area contributed by atoms with Gasteiger partial charge in [-0.15, -0.1) is 0 Å². The van der Waals surface area contributed by atoms with Crippen molar-refractivity contribution in [3.8, 4) is 0 Å². The minimum atomic E-state index is 0.112. The molecule has 0 spiro atoms. The molecular formula is C12H24N2OS. The van der Waals surface area contributed by atoms with Crippen LogP contribution in [0.5, 0.6) is 0 Å². The fraction of sp³-hybridized carbons (Fsp3) is 0.917. The maximum Gasteiger partial charge on any atom is 0.234 e. The van der Waals surface area contributed by atoms with Crippen molar-refractivity contribution in [3.05, 3.63) is 0 Å². The van der Waals surface area contributed by atoms with Gasteiger partial charge in [0.25, 0.3) is 0 Å². The highest BCUT2D eigenvalue weighted by molar-refractivity contribution is 8.00. The van der Waals surface area contributed by atoms with Crippen LogP contribution in [0.15, 0.2) is 0 Å². The average Bonchev–Trinajstić information content (AvgIpc) is 2.65. The molecule has 0 aromatic carbocycles. The molecule has 0 aliphatic carbocycles. The molecule has 1 aliphatic rings. The van der Waals surface area contributed by atoms with Gasteiger partial charge < -0.3 is 10.6 Å². The van der Waals surface area contributed by atoms with Crippen molar-refractivity contribution < 1.29 is 4.79 Å². The van der Waals surface area contributed by atoms with Crippen LogP contribution in [-0.2, 0) is 4.79 Å². The molecule has 0 aromatic rings. The third kappa shape index (κ3) is 4.74. The van der Waals surface area contributed by atoms with Gasteiger partial charge in [-0.2, -0.15) is 11.8 Å². The first-order valence-corrected chi connectivity index (χ1v) is 7.18. The van der Waals surface area contributed by atoms with Gasteiger partial charge >= 0.3 is 0 Å². The van der Waals surface area contributed by atoms with Crippen LogP contribution in [0.25, 0.3) is 0 Å². The van der Waals surface area contributed by atoms with Gasteiger partial charge in [-0.1, -0.05) is 6.92 Å². The Morgan fingerprint density at radius 3 is 2.88 bits per heavy atom. The van der Waals surface area contributed by atoms with Crippen LogP contribution >= 0.6 is 11.8 Å². The van der Waals surface area contributed by atoms with E-state index in [9.17, 15) is 4.79 Å². The number of rotatable bonds is 6. The highest BCUT2D eigenvalue weighted by atomic mass is 32.2. The van der Waals surface area contributed by atoms with Crippen molar-refractivity contribution in [2.75, 3.05) is 18.8 Å². The van der Waals surface area contributed by atoms with Crippen LogP contribution < -0.4 is 10.6 Å². The molecule has 4 heteroatoms. The maximum atomic E-state index is 11.5. The van der Waals surface area contributed by atoms with Gasteiger partial charge in [0, 0.05) is 17.3 Å². The van der Waals surface area contributed by atoms with E-state index >= 15 is 0 Å². The van der Waals surface area contributed by atoms with Crippen molar-refractivity contribution in [1.29, 1.82) is 0 Å². The summed E-state index contributed by atoms with van der Waals surface area (Å²) in [5.74, 6) is 1.37. The topological polar surface area (TPSA) is 41.1 Å². The number of thioether (sulfide) groups is 1. The molecule has 3 nitrogen and oxygen atoms in total. The van der Waals surface area contributed by atoms with Gasteiger partial charge in [0.2, 0.25) is 5.91 Å². The van der Waals surface area contributed by atoms with Gasteiger partial charge in [-0.3, -0.25) is 4.79 Å². The van der Waals surface area contributed by atoms with E-state index in [1.54, 1.807) is 0 Å². The van der Waals surface area contributed by atoms with E-state index in [0.717, 1.165) is 13.0 Å². The first kappa shape index (κ1) is 13.8. The smallest absolute Gasteiger partial charge is 0.234 e. The normalized spacial score (nSPS) is 26.7. The van der Waals surface area contributed by atoms with E-state index in [-0.39, 0.29) is 11.9 Å². The van der Waals surface area contributed by atoms with Gasteiger partial charge in [-0.05, 0) is 38.9 Å². The molecular weight excluding hydrogens is 220 g/mol. The van der Waals surface area contributed by atoms with Gasteiger partial charge in [0.1, 0.15) is 0 Å². The second kappa shape index (κ2) is 6.50. The Hall–Kier alpha value is -0.220. The molecule has 16 heavy (non-hydrogen) atoms. The summed E-state index contributed by atoms with van der Waals surface area (Å²) in [6.45, 7) is 7.77. The van der Waals surface area contributed by atoms with Crippen LogP contribution in [0.3, 0.4) is 0 Å². The summed E-state index contributed by atoms with van der Waals surface area (Å²) in [7, 11) is 0. The van der Waals surface area contributed by atoms with E-state index in [1.165, 1.54) is 18.6 Å². The van der Waals surface area contributed by atoms with Gasteiger partial charge in [-0.25, -0.2) is 0 Å². The molecule has 0 aromatic heterocycles. The predicted molar refractivity (Wildman–Crippen MR) is 70.9 cm³/mol. The Morgan fingerprint density at radius 1 is 1.56 bits per heavy atom. The molecule has 1 aliphatic heterocycles. The largest absolute Gasteiger partial charge is 0.353 e. The summed E-state index contributed by atoms with van der Waals surface area (Å²) in [4.78, 5) is 11.5. The van der Waals surface area contributed by atoms with E-state index in [4.69, 9.17) is 0 Å². The van der Waals surface area contributed by atoms with Crippen molar-refractivity contribution in [1.82, 2.24) is 10.6 Å². The minimum Gasteiger partial charge on any atom is -0.353 e. The van der Waals surface area contributed by atoms with Gasteiger partial charge in [0.15, 0.2) is 0 Å². The SMILES string of the molecule is CCC(C)NC(=O)CNCC1(C)CCCS1. The molecule has 1 saturated heterocycles. The highest BCUT2D eigenvalue weighted by Gasteiger charge is 2.28. The quantitative estimate of drug-likeness (QED) is 0.748. The zero-order chi connectivity index (χ0) is 12.0. The molecule has 2 N–H and O–H groups in total. The summed E-state index contributed by atoms with van der Waals surface area (Å²) in [6.07, 6.45) is 3.55. The maximum absolute atomic E-state index is 11.5. The second-order valence-electron chi connectivity index (χ2n) is 4.88. The first-order chi connectivity index (χ1) is 7.56. The molecule has 1 fully saturated rings. The molecule has 0 saturated carbocycles. The fourth-order valence-electron chi connectivity index (χ4n) is 1.84. The molecule has 94 valence electrons. The third-order valence-electron chi connectivity index (χ3n) is 3.10. The van der Waals surface area contributed by atoms with E-state index in [1.807, 2.05) is 18.7 Å². The zero-order valence-corrected chi connectivity index (χ0v) is 11.5. The van der Waals surface area contributed by atoms with Crippen LogP contribution in [-0.4, -0.2) is 35.5 Å². The molecule has 1 rings (SSSR count). The van der Waals surface area contributed by atoms with Crippen LogP contribution in [0, 0.1) is 0 Å². The number of carbonyl (C=O) groups is 1. The number of hydrogen-bond acceptors (Lipinski definition) is 3. The van der Waals surface area contributed by atoms with E-state index in [0.29, 0.717) is 11.3 Å². The molecule has 2 atom stereocenters. The van der Waals surface area contributed by atoms with Crippen LogP contribution in [0.2, 0.25) is 0 Å². The molecule has 0 radical (unpaired) electrons. The Bertz CT molecular complexity index is 227.